The molecule has 0 saturated heterocycles. The van der Waals surface area contributed by atoms with Crippen molar-refractivity contribution in [2.75, 3.05) is 14.2 Å². The molecule has 0 unspecified atom stereocenters. The zero-order valence-electron chi connectivity index (χ0n) is 14.3. The van der Waals surface area contributed by atoms with Crippen molar-refractivity contribution in [1.82, 2.24) is 0 Å². The van der Waals surface area contributed by atoms with Crippen LogP contribution in [0.15, 0.2) is 43.0 Å². The summed E-state index contributed by atoms with van der Waals surface area (Å²) in [5, 5.41) is 14.0. The van der Waals surface area contributed by atoms with Gasteiger partial charge in [0.2, 0.25) is 0 Å². The monoisotopic (exact) mass is 384 g/mol. The fourth-order valence-electron chi connectivity index (χ4n) is 3.44. The van der Waals surface area contributed by atoms with Crippen LogP contribution in [0.1, 0.15) is 26.7 Å². The second-order valence-electron chi connectivity index (χ2n) is 5.40. The van der Waals surface area contributed by atoms with E-state index in [1.54, 1.807) is 3.21 Å². The molecule has 0 atom stereocenters. The van der Waals surface area contributed by atoms with Crippen LogP contribution in [0.2, 0.25) is 13.1 Å². The number of hydrogen-bond acceptors (Lipinski definition) is 2. The number of aliphatic hydroxyl groups is 2. The van der Waals surface area contributed by atoms with Gasteiger partial charge in [-0.15, -0.1) is 0 Å². The molecule has 0 fully saturated rings. The van der Waals surface area contributed by atoms with E-state index < -0.39 is 18.4 Å². The van der Waals surface area contributed by atoms with Crippen LogP contribution in [-0.2, 0) is 18.4 Å². The van der Waals surface area contributed by atoms with Crippen LogP contribution in [-0.4, -0.2) is 33.1 Å². The van der Waals surface area contributed by atoms with Gasteiger partial charge in [0.1, 0.15) is 0 Å². The molecule has 4 heteroatoms. The molecule has 0 spiro atoms. The number of aliphatic hydroxyl groups excluding tert-OH is 2. The average Bonchev–Trinajstić information content (AvgIpc) is 3.17. The number of rotatable bonds is 2. The minimum absolute atomic E-state index is 0.241. The zero-order chi connectivity index (χ0) is 16.5. The third-order valence-electron chi connectivity index (χ3n) is 4.01. The minimum atomic E-state index is -2.36. The summed E-state index contributed by atoms with van der Waals surface area (Å²) < 4.78 is 5.43. The van der Waals surface area contributed by atoms with Crippen LogP contribution in [0.5, 0.6) is 0 Å². The molecular weight excluding hydrogens is 355 g/mol. The molecule has 0 aromatic rings. The van der Waals surface area contributed by atoms with Crippen molar-refractivity contribution in [2.45, 2.75) is 39.8 Å². The Kier molecular flexibility index (Phi) is 10.5. The average molecular weight is 386 g/mol. The molecule has 0 aliphatic heterocycles. The predicted molar refractivity (Wildman–Crippen MR) is 93.8 cm³/mol. The van der Waals surface area contributed by atoms with Gasteiger partial charge < -0.3 is 10.2 Å². The summed E-state index contributed by atoms with van der Waals surface area (Å²) in [5.74, 6) is 0. The van der Waals surface area contributed by atoms with Gasteiger partial charge in [0.25, 0.3) is 0 Å². The molecule has 0 aromatic carbocycles. The summed E-state index contributed by atoms with van der Waals surface area (Å²) in [4.78, 5) is 0. The third-order valence-corrected chi connectivity index (χ3v) is 33.6. The van der Waals surface area contributed by atoms with E-state index >= 15 is 0 Å². The summed E-state index contributed by atoms with van der Waals surface area (Å²) in [6.45, 7) is 9.91. The molecule has 0 saturated carbocycles. The van der Waals surface area contributed by atoms with Crippen LogP contribution in [0.4, 0.5) is 0 Å². The summed E-state index contributed by atoms with van der Waals surface area (Å²) >= 11 is -2.36. The van der Waals surface area contributed by atoms with Crippen molar-refractivity contribution in [2.24, 2.45) is 0 Å². The second-order valence-corrected chi connectivity index (χ2v) is 28.5. The summed E-state index contributed by atoms with van der Waals surface area (Å²) in [6, 6.07) is 0. The maximum absolute atomic E-state index is 7.00. The first-order valence-corrected chi connectivity index (χ1v) is 17.2. The fraction of sp³-hybridized carbons (Fsp3) is 0.471. The Bertz CT molecular complexity index is 520. The molecule has 2 N–H and O–H groups in total. The van der Waals surface area contributed by atoms with Crippen molar-refractivity contribution in [3.8, 4) is 0 Å². The summed E-state index contributed by atoms with van der Waals surface area (Å²) in [6.07, 6.45) is 16.6. The zero-order valence-corrected chi connectivity index (χ0v) is 17.7. The molecule has 2 aliphatic rings. The summed E-state index contributed by atoms with van der Waals surface area (Å²) in [7, 11) is 2.00. The first kappa shape index (κ1) is 20.9. The van der Waals surface area contributed by atoms with Crippen LogP contribution in [0.3, 0.4) is 0 Å². The van der Waals surface area contributed by atoms with E-state index in [2.05, 4.69) is 63.4 Å². The summed E-state index contributed by atoms with van der Waals surface area (Å²) in [5.41, 5.74) is -0.241. The Hall–Kier alpha value is -0.150. The molecule has 21 heavy (non-hydrogen) atoms. The van der Waals surface area contributed by atoms with Crippen LogP contribution in [0, 0.1) is 0 Å². The molecule has 2 rings (SSSR count). The van der Waals surface area contributed by atoms with Crippen molar-refractivity contribution in [1.29, 1.82) is 0 Å². The normalized spacial score (nSPS) is 14.7. The van der Waals surface area contributed by atoms with Gasteiger partial charge in [-0.2, -0.15) is 0 Å². The van der Waals surface area contributed by atoms with Gasteiger partial charge in [-0.1, -0.05) is 0 Å². The molecule has 0 amide bonds. The Morgan fingerprint density at radius 3 is 1.48 bits per heavy atom. The Morgan fingerprint density at radius 1 is 0.905 bits per heavy atom. The van der Waals surface area contributed by atoms with Crippen LogP contribution in [0.25, 0.3) is 0 Å². The molecule has 0 radical (unpaired) electrons. The molecule has 118 valence electrons. The Morgan fingerprint density at radius 2 is 1.29 bits per heavy atom. The van der Waals surface area contributed by atoms with Crippen molar-refractivity contribution >= 4 is 8.64 Å². The van der Waals surface area contributed by atoms with Gasteiger partial charge in [0, 0.05) is 14.2 Å². The second kappa shape index (κ2) is 10.6. The van der Waals surface area contributed by atoms with Gasteiger partial charge in [-0.05, 0) is 0 Å². The molecular formula is C17H30O2SiZr. The Balaban J connectivity index is 0.000000921. The topological polar surface area (TPSA) is 40.5 Å². The van der Waals surface area contributed by atoms with Gasteiger partial charge in [0.15, 0.2) is 0 Å². The van der Waals surface area contributed by atoms with E-state index in [1.807, 2.05) is 6.56 Å². The van der Waals surface area contributed by atoms with E-state index in [-0.39, 0.29) is 5.43 Å². The molecule has 0 aromatic heterocycles. The van der Waals surface area contributed by atoms with E-state index in [4.69, 9.17) is 10.2 Å². The van der Waals surface area contributed by atoms with E-state index in [1.165, 1.54) is 12.8 Å². The first-order chi connectivity index (χ1) is 10.1. The van der Waals surface area contributed by atoms with Crippen molar-refractivity contribution in [3.05, 3.63) is 43.0 Å². The Labute approximate surface area is 134 Å². The SMILES string of the molecule is CO.CO.C[C](C)=[Zr]([C]1=CC=CC1)([C]1=CC=CC1)=[Si](C)C. The standard InChI is InChI=1S/2C5H5.C3H6.C2H6Si.2CH4O.Zr/c2*1-2-4-5-3-1;2*1-3-2;2*1-2;/h2*1-3H,4H2;2*1-2H3;2*2H,1H3;. The van der Waals surface area contributed by atoms with Gasteiger partial charge in [-0.3, -0.25) is 0 Å². The van der Waals surface area contributed by atoms with Gasteiger partial charge in [-0.25, -0.2) is 0 Å². The van der Waals surface area contributed by atoms with E-state index in [9.17, 15) is 0 Å². The van der Waals surface area contributed by atoms with Gasteiger partial charge in [0.05, 0.1) is 0 Å². The molecule has 0 heterocycles. The maximum atomic E-state index is 7.00. The van der Waals surface area contributed by atoms with Crippen molar-refractivity contribution < 1.29 is 28.6 Å². The van der Waals surface area contributed by atoms with Crippen LogP contribution < -0.4 is 0 Å². The van der Waals surface area contributed by atoms with Crippen LogP contribution >= 0.6 is 0 Å². The fourth-order valence-corrected chi connectivity index (χ4v) is 32.7. The first-order valence-electron chi connectivity index (χ1n) is 7.33. The molecule has 0 bridgehead atoms. The predicted octanol–water partition coefficient (Wildman–Crippen LogP) is 3.51. The molecule has 2 nitrogen and oxygen atoms in total. The number of allylic oxidation sites excluding steroid dienone is 8. The quantitative estimate of drug-likeness (QED) is 0.714. The third kappa shape index (κ3) is 4.41. The van der Waals surface area contributed by atoms with E-state index in [0.29, 0.717) is 0 Å². The van der Waals surface area contributed by atoms with E-state index in [0.717, 1.165) is 14.2 Å². The van der Waals surface area contributed by atoms with Gasteiger partial charge >= 0.3 is 110 Å². The number of hydrogen-bond donors (Lipinski definition) is 2. The molecule has 2 aliphatic carbocycles. The van der Waals surface area contributed by atoms with Crippen molar-refractivity contribution in [3.63, 3.8) is 0 Å².